The standard InChI is InChI=1S/C14H17FN2O.C7H15NS/c1-2-17-7-5-10(6-8-17)14-12-9-11(15)3-4-13(12)18-16-14;1-9-8-7-5-3-2-4-6-7/h3-4,9-10H,2,5-8H2,1H3;7-8H,2-6H2,1H3. The third-order valence-corrected chi connectivity index (χ3v) is 6.34. The zero-order valence-corrected chi connectivity index (χ0v) is 17.4. The molecule has 1 N–H and O–H groups in total. The van der Waals surface area contributed by atoms with E-state index in [1.807, 2.05) is 0 Å². The summed E-state index contributed by atoms with van der Waals surface area (Å²) < 4.78 is 22.0. The highest BCUT2D eigenvalue weighted by atomic mass is 32.2. The summed E-state index contributed by atoms with van der Waals surface area (Å²) in [6.07, 6.45) is 11.3. The molecular formula is C21H32FN3OS. The molecule has 1 aromatic carbocycles. The van der Waals surface area contributed by atoms with Crippen LogP contribution in [0.5, 0.6) is 0 Å². The molecule has 0 spiro atoms. The van der Waals surface area contributed by atoms with Crippen LogP contribution in [0.15, 0.2) is 22.7 Å². The van der Waals surface area contributed by atoms with Gasteiger partial charge in [-0.15, -0.1) is 0 Å². The number of fused-ring (bicyclic) bond motifs is 1. The van der Waals surface area contributed by atoms with Crippen LogP contribution in [-0.4, -0.2) is 42.0 Å². The number of rotatable bonds is 4. The highest BCUT2D eigenvalue weighted by molar-refractivity contribution is 7.96. The van der Waals surface area contributed by atoms with Gasteiger partial charge in [0.05, 0.1) is 5.69 Å². The molecule has 1 saturated carbocycles. The van der Waals surface area contributed by atoms with Crippen molar-refractivity contribution >= 4 is 22.9 Å². The van der Waals surface area contributed by atoms with Gasteiger partial charge in [-0.1, -0.05) is 43.3 Å². The number of benzene rings is 1. The molecule has 0 radical (unpaired) electrons. The molecule has 6 heteroatoms. The van der Waals surface area contributed by atoms with E-state index in [-0.39, 0.29) is 5.82 Å². The number of hydrogen-bond donors (Lipinski definition) is 1. The summed E-state index contributed by atoms with van der Waals surface area (Å²) in [5, 5.41) is 4.99. The summed E-state index contributed by atoms with van der Waals surface area (Å²) in [5.74, 6) is 0.175. The Balaban J connectivity index is 0.000000197. The second kappa shape index (κ2) is 10.4. The fourth-order valence-corrected chi connectivity index (χ4v) is 4.70. The molecule has 1 aliphatic carbocycles. The van der Waals surface area contributed by atoms with Gasteiger partial charge in [-0.3, -0.25) is 4.72 Å². The SMILES string of the molecule is CCN1CCC(c2noc3ccc(F)cc23)CC1.CSNC1CCCCC1. The lowest BCUT2D eigenvalue weighted by Crippen LogP contribution is -2.32. The van der Waals surface area contributed by atoms with E-state index in [1.165, 1.54) is 44.2 Å². The van der Waals surface area contributed by atoms with Crippen molar-refractivity contribution in [3.05, 3.63) is 29.7 Å². The monoisotopic (exact) mass is 393 g/mol. The quantitative estimate of drug-likeness (QED) is 0.709. The number of hydrogen-bond acceptors (Lipinski definition) is 5. The van der Waals surface area contributed by atoms with Gasteiger partial charge in [-0.25, -0.2) is 4.39 Å². The van der Waals surface area contributed by atoms with Crippen molar-refractivity contribution < 1.29 is 8.91 Å². The summed E-state index contributed by atoms with van der Waals surface area (Å²) in [6, 6.07) is 5.42. The van der Waals surface area contributed by atoms with Crippen LogP contribution in [0.25, 0.3) is 11.0 Å². The first-order valence-electron chi connectivity index (χ1n) is 10.3. The number of halogens is 1. The fourth-order valence-electron chi connectivity index (χ4n) is 4.13. The van der Waals surface area contributed by atoms with Crippen LogP contribution >= 0.6 is 11.9 Å². The molecule has 4 rings (SSSR count). The molecule has 150 valence electrons. The first-order valence-corrected chi connectivity index (χ1v) is 11.5. The second-order valence-electron chi connectivity index (χ2n) is 7.57. The van der Waals surface area contributed by atoms with Gasteiger partial charge >= 0.3 is 0 Å². The van der Waals surface area contributed by atoms with Gasteiger partial charge < -0.3 is 9.42 Å². The van der Waals surface area contributed by atoms with E-state index in [2.05, 4.69) is 28.0 Å². The zero-order chi connectivity index (χ0) is 19.1. The Kier molecular flexibility index (Phi) is 7.97. The minimum atomic E-state index is -0.224. The summed E-state index contributed by atoms with van der Waals surface area (Å²) in [7, 11) is 0. The third kappa shape index (κ3) is 5.69. The summed E-state index contributed by atoms with van der Waals surface area (Å²) in [6.45, 7) is 5.46. The van der Waals surface area contributed by atoms with Crippen LogP contribution in [0.4, 0.5) is 4.39 Å². The molecule has 4 nitrogen and oxygen atoms in total. The van der Waals surface area contributed by atoms with Crippen molar-refractivity contribution in [1.29, 1.82) is 0 Å². The summed E-state index contributed by atoms with van der Waals surface area (Å²) in [5.41, 5.74) is 1.62. The van der Waals surface area contributed by atoms with Crippen LogP contribution in [0.2, 0.25) is 0 Å². The molecule has 0 atom stereocenters. The Morgan fingerprint density at radius 3 is 2.59 bits per heavy atom. The molecule has 1 aliphatic heterocycles. The van der Waals surface area contributed by atoms with Crippen LogP contribution in [0.3, 0.4) is 0 Å². The lowest BCUT2D eigenvalue weighted by molar-refractivity contribution is 0.219. The van der Waals surface area contributed by atoms with E-state index in [0.717, 1.165) is 49.6 Å². The highest BCUT2D eigenvalue weighted by Crippen LogP contribution is 2.32. The maximum absolute atomic E-state index is 13.3. The molecule has 1 saturated heterocycles. The number of aromatic nitrogens is 1. The smallest absolute Gasteiger partial charge is 0.167 e. The molecule has 2 aromatic rings. The molecule has 0 amide bonds. The lowest BCUT2D eigenvalue weighted by Gasteiger charge is -2.29. The van der Waals surface area contributed by atoms with Gasteiger partial charge in [-0.2, -0.15) is 0 Å². The lowest BCUT2D eigenvalue weighted by atomic mass is 9.91. The van der Waals surface area contributed by atoms with Crippen molar-refractivity contribution in [3.63, 3.8) is 0 Å². The molecule has 2 aliphatic rings. The number of likely N-dealkylation sites (tertiary alicyclic amines) is 1. The molecule has 1 aromatic heterocycles. The Morgan fingerprint density at radius 1 is 1.19 bits per heavy atom. The molecule has 0 bridgehead atoms. The van der Waals surface area contributed by atoms with Gasteiger partial charge in [0.25, 0.3) is 0 Å². The zero-order valence-electron chi connectivity index (χ0n) is 16.5. The highest BCUT2D eigenvalue weighted by Gasteiger charge is 2.24. The number of nitrogens with zero attached hydrogens (tertiary/aromatic N) is 2. The van der Waals surface area contributed by atoms with Crippen LogP contribution < -0.4 is 4.72 Å². The van der Waals surface area contributed by atoms with Crippen molar-refractivity contribution in [1.82, 2.24) is 14.8 Å². The van der Waals surface area contributed by atoms with E-state index in [0.29, 0.717) is 11.5 Å². The average Bonchev–Trinajstić information content (AvgIpc) is 3.13. The maximum atomic E-state index is 13.3. The minimum Gasteiger partial charge on any atom is -0.356 e. The van der Waals surface area contributed by atoms with E-state index in [9.17, 15) is 4.39 Å². The van der Waals surface area contributed by atoms with Crippen molar-refractivity contribution in [2.45, 2.75) is 63.8 Å². The molecule has 27 heavy (non-hydrogen) atoms. The molecule has 2 heterocycles. The Morgan fingerprint density at radius 2 is 1.93 bits per heavy atom. The van der Waals surface area contributed by atoms with Crippen LogP contribution in [0, 0.1) is 5.82 Å². The van der Waals surface area contributed by atoms with Crippen LogP contribution in [-0.2, 0) is 0 Å². The first-order chi connectivity index (χ1) is 13.2. The van der Waals surface area contributed by atoms with Gasteiger partial charge in [-0.05, 0) is 69.8 Å². The van der Waals surface area contributed by atoms with E-state index < -0.39 is 0 Å². The minimum absolute atomic E-state index is 0.224. The Bertz CT molecular complexity index is 691. The molecule has 0 unspecified atom stereocenters. The second-order valence-corrected chi connectivity index (χ2v) is 8.22. The molecule has 2 fully saturated rings. The van der Waals surface area contributed by atoms with Crippen LogP contribution in [0.1, 0.15) is 63.5 Å². The van der Waals surface area contributed by atoms with E-state index in [1.54, 1.807) is 18.0 Å². The maximum Gasteiger partial charge on any atom is 0.167 e. The Hall–Kier alpha value is -1.11. The summed E-state index contributed by atoms with van der Waals surface area (Å²) >= 11 is 1.76. The van der Waals surface area contributed by atoms with Crippen molar-refractivity contribution in [2.75, 3.05) is 25.9 Å². The van der Waals surface area contributed by atoms with Crippen molar-refractivity contribution in [3.8, 4) is 0 Å². The predicted octanol–water partition coefficient (Wildman–Crippen LogP) is 5.35. The molecular weight excluding hydrogens is 361 g/mol. The predicted molar refractivity (Wildman–Crippen MR) is 112 cm³/mol. The Labute approximate surface area is 166 Å². The normalized spacial score (nSPS) is 19.8. The average molecular weight is 394 g/mol. The number of piperidine rings is 1. The van der Waals surface area contributed by atoms with E-state index in [4.69, 9.17) is 4.52 Å². The number of nitrogens with one attached hydrogen (secondary N) is 1. The van der Waals surface area contributed by atoms with E-state index >= 15 is 0 Å². The third-order valence-electron chi connectivity index (χ3n) is 5.77. The van der Waals surface area contributed by atoms with Gasteiger partial charge in [0.1, 0.15) is 5.82 Å². The van der Waals surface area contributed by atoms with Gasteiger partial charge in [0.15, 0.2) is 5.58 Å². The fraction of sp³-hybridized carbons (Fsp3) is 0.667. The van der Waals surface area contributed by atoms with Crippen molar-refractivity contribution in [2.24, 2.45) is 0 Å². The topological polar surface area (TPSA) is 41.3 Å². The van der Waals surface area contributed by atoms with Gasteiger partial charge in [0.2, 0.25) is 0 Å². The largest absolute Gasteiger partial charge is 0.356 e. The first kappa shape index (κ1) is 20.6. The summed E-state index contributed by atoms with van der Waals surface area (Å²) in [4.78, 5) is 2.43. The van der Waals surface area contributed by atoms with Gasteiger partial charge in [0, 0.05) is 17.3 Å².